The van der Waals surface area contributed by atoms with Crippen molar-refractivity contribution in [2.75, 3.05) is 18.5 Å². The molecule has 0 fully saturated rings. The van der Waals surface area contributed by atoms with E-state index in [-0.39, 0.29) is 17.8 Å². The minimum absolute atomic E-state index is 0. The Morgan fingerprint density at radius 2 is 1.55 bits per heavy atom. The number of benzene rings is 2. The van der Waals surface area contributed by atoms with E-state index in [1.807, 2.05) is 18.2 Å². The van der Waals surface area contributed by atoms with Gasteiger partial charge in [-0.2, -0.15) is 0 Å². The first kappa shape index (κ1) is 18.9. The topological polar surface area (TPSA) is 3.24 Å². The van der Waals surface area contributed by atoms with E-state index in [2.05, 4.69) is 62.2 Å². The fraction of sp³-hybridized carbons (Fsp3) is 0.368. The molecular weight excluding hydrogens is 313 g/mol. The van der Waals surface area contributed by atoms with Gasteiger partial charge >= 0.3 is 0 Å². The van der Waals surface area contributed by atoms with E-state index in [9.17, 15) is 0 Å². The quantitative estimate of drug-likeness (QED) is 0.609. The number of anilines is 1. The zero-order chi connectivity index (χ0) is 15.2. The van der Waals surface area contributed by atoms with Crippen LogP contribution in [-0.2, 0) is 6.42 Å². The van der Waals surface area contributed by atoms with Crippen molar-refractivity contribution in [1.82, 2.24) is 0 Å². The van der Waals surface area contributed by atoms with E-state index >= 15 is 0 Å². The second-order valence-electron chi connectivity index (χ2n) is 5.99. The van der Waals surface area contributed by atoms with Crippen LogP contribution in [0.5, 0.6) is 0 Å². The second kappa shape index (κ2) is 9.07. The van der Waals surface area contributed by atoms with Gasteiger partial charge in [-0.3, -0.25) is 0 Å². The standard InChI is InChI=1S/C19H24ClN.ClH/c1-15(2)14-21(3)19-12-8-7-11-17(19)13-18(20)16-9-5-4-6-10-16;/h4-12,15,18H,13-14H2,1-3H3;1H. The number of hydrogen-bond acceptors (Lipinski definition) is 1. The highest BCUT2D eigenvalue weighted by Crippen LogP contribution is 2.29. The molecule has 0 bridgehead atoms. The lowest BCUT2D eigenvalue weighted by atomic mass is 10.0. The van der Waals surface area contributed by atoms with E-state index in [1.54, 1.807) is 0 Å². The molecule has 0 aromatic heterocycles. The molecule has 0 saturated carbocycles. The molecule has 120 valence electrons. The minimum atomic E-state index is 0. The maximum atomic E-state index is 6.60. The highest BCUT2D eigenvalue weighted by molar-refractivity contribution is 6.21. The average Bonchev–Trinajstić information content (AvgIpc) is 2.48. The normalized spacial score (nSPS) is 11.9. The summed E-state index contributed by atoms with van der Waals surface area (Å²) in [7, 11) is 2.16. The Morgan fingerprint density at radius 3 is 2.18 bits per heavy atom. The molecule has 22 heavy (non-hydrogen) atoms. The number of halogens is 2. The van der Waals surface area contributed by atoms with Crippen molar-refractivity contribution in [1.29, 1.82) is 0 Å². The first-order chi connectivity index (χ1) is 10.1. The second-order valence-corrected chi connectivity index (χ2v) is 6.51. The van der Waals surface area contributed by atoms with Gasteiger partial charge in [0.05, 0.1) is 5.38 Å². The maximum absolute atomic E-state index is 6.60. The molecule has 0 aliphatic heterocycles. The molecule has 1 nitrogen and oxygen atoms in total. The molecule has 0 saturated heterocycles. The molecule has 1 unspecified atom stereocenters. The molecule has 0 N–H and O–H groups in total. The third-order valence-electron chi connectivity index (χ3n) is 3.60. The van der Waals surface area contributed by atoms with E-state index in [4.69, 9.17) is 11.6 Å². The van der Waals surface area contributed by atoms with Crippen LogP contribution in [0.1, 0.15) is 30.4 Å². The Kier molecular flexibility index (Phi) is 7.78. The zero-order valence-electron chi connectivity index (χ0n) is 13.5. The molecule has 0 heterocycles. The smallest absolute Gasteiger partial charge is 0.0626 e. The van der Waals surface area contributed by atoms with Crippen LogP contribution >= 0.6 is 24.0 Å². The minimum Gasteiger partial charge on any atom is -0.374 e. The van der Waals surface area contributed by atoms with Crippen molar-refractivity contribution in [3.05, 3.63) is 65.7 Å². The van der Waals surface area contributed by atoms with Gasteiger partial charge in [0.2, 0.25) is 0 Å². The fourth-order valence-electron chi connectivity index (χ4n) is 2.67. The summed E-state index contributed by atoms with van der Waals surface area (Å²) in [6, 6.07) is 18.9. The Morgan fingerprint density at radius 1 is 0.955 bits per heavy atom. The van der Waals surface area contributed by atoms with Gasteiger partial charge in [-0.25, -0.2) is 0 Å². The van der Waals surface area contributed by atoms with Crippen molar-refractivity contribution < 1.29 is 0 Å². The third kappa shape index (κ3) is 5.23. The van der Waals surface area contributed by atoms with Gasteiger partial charge in [0.15, 0.2) is 0 Å². The molecule has 0 spiro atoms. The molecule has 2 aromatic rings. The lowest BCUT2D eigenvalue weighted by Crippen LogP contribution is -2.23. The van der Waals surface area contributed by atoms with Crippen molar-refractivity contribution in [3.8, 4) is 0 Å². The van der Waals surface area contributed by atoms with Gasteiger partial charge in [-0.15, -0.1) is 24.0 Å². The van der Waals surface area contributed by atoms with Crippen molar-refractivity contribution in [2.45, 2.75) is 25.6 Å². The summed E-state index contributed by atoms with van der Waals surface area (Å²) in [5.41, 5.74) is 3.78. The van der Waals surface area contributed by atoms with Crippen molar-refractivity contribution in [2.24, 2.45) is 5.92 Å². The highest BCUT2D eigenvalue weighted by Gasteiger charge is 2.13. The molecule has 0 aliphatic rings. The molecule has 0 radical (unpaired) electrons. The van der Waals surface area contributed by atoms with Crippen LogP contribution in [0.25, 0.3) is 0 Å². The number of nitrogens with zero attached hydrogens (tertiary/aromatic N) is 1. The lowest BCUT2D eigenvalue weighted by molar-refractivity contribution is 0.637. The highest BCUT2D eigenvalue weighted by atomic mass is 35.5. The third-order valence-corrected chi connectivity index (χ3v) is 4.01. The van der Waals surface area contributed by atoms with Crippen LogP contribution in [0.15, 0.2) is 54.6 Å². The Bertz CT molecular complexity index is 554. The monoisotopic (exact) mass is 337 g/mol. The van der Waals surface area contributed by atoms with E-state index < -0.39 is 0 Å². The summed E-state index contributed by atoms with van der Waals surface area (Å²) < 4.78 is 0. The Balaban J connectivity index is 0.00000242. The predicted molar refractivity (Wildman–Crippen MR) is 101 cm³/mol. The van der Waals surface area contributed by atoms with Gasteiger partial charge in [-0.1, -0.05) is 62.4 Å². The SMILES string of the molecule is CC(C)CN(C)c1ccccc1CC(Cl)c1ccccc1.Cl. The Hall–Kier alpha value is -1.18. The molecule has 2 rings (SSSR count). The summed E-state index contributed by atoms with van der Waals surface area (Å²) in [6.45, 7) is 5.54. The number of hydrogen-bond donors (Lipinski definition) is 0. The van der Waals surface area contributed by atoms with Crippen LogP contribution < -0.4 is 4.90 Å². The largest absolute Gasteiger partial charge is 0.374 e. The van der Waals surface area contributed by atoms with Gasteiger partial charge in [0.25, 0.3) is 0 Å². The average molecular weight is 338 g/mol. The Labute approximate surface area is 145 Å². The summed E-state index contributed by atoms with van der Waals surface area (Å²) in [4.78, 5) is 2.33. The summed E-state index contributed by atoms with van der Waals surface area (Å²) in [6.07, 6.45) is 0.851. The number of alkyl halides is 1. The molecule has 0 amide bonds. The van der Waals surface area contributed by atoms with Crippen LogP contribution in [0.4, 0.5) is 5.69 Å². The molecule has 2 aromatic carbocycles. The van der Waals surface area contributed by atoms with Crippen LogP contribution in [0.2, 0.25) is 0 Å². The van der Waals surface area contributed by atoms with Crippen molar-refractivity contribution >= 4 is 29.7 Å². The van der Waals surface area contributed by atoms with E-state index in [0.717, 1.165) is 13.0 Å². The van der Waals surface area contributed by atoms with Crippen LogP contribution in [0, 0.1) is 5.92 Å². The number of rotatable bonds is 6. The predicted octanol–water partition coefficient (Wildman–Crippen LogP) is 5.72. The lowest BCUT2D eigenvalue weighted by Gasteiger charge is -2.25. The first-order valence-electron chi connectivity index (χ1n) is 7.56. The van der Waals surface area contributed by atoms with E-state index in [1.165, 1.54) is 16.8 Å². The van der Waals surface area contributed by atoms with Gasteiger partial charge < -0.3 is 4.90 Å². The van der Waals surface area contributed by atoms with Crippen molar-refractivity contribution in [3.63, 3.8) is 0 Å². The molecular formula is C19H25Cl2N. The van der Waals surface area contributed by atoms with Crippen LogP contribution in [-0.4, -0.2) is 13.6 Å². The number of para-hydroxylation sites is 1. The first-order valence-corrected chi connectivity index (χ1v) is 7.99. The molecule has 0 aliphatic carbocycles. The molecule has 1 atom stereocenters. The van der Waals surface area contributed by atoms with E-state index in [0.29, 0.717) is 5.92 Å². The van der Waals surface area contributed by atoms with Gasteiger partial charge in [-0.05, 0) is 29.5 Å². The molecule has 3 heteroatoms. The maximum Gasteiger partial charge on any atom is 0.0626 e. The van der Waals surface area contributed by atoms with Gasteiger partial charge in [0, 0.05) is 19.3 Å². The summed E-state index contributed by atoms with van der Waals surface area (Å²) in [5, 5.41) is 0.0137. The fourth-order valence-corrected chi connectivity index (χ4v) is 2.99. The summed E-state index contributed by atoms with van der Waals surface area (Å²) >= 11 is 6.60. The van der Waals surface area contributed by atoms with Crippen LogP contribution in [0.3, 0.4) is 0 Å². The zero-order valence-corrected chi connectivity index (χ0v) is 15.1. The van der Waals surface area contributed by atoms with Gasteiger partial charge in [0.1, 0.15) is 0 Å². The summed E-state index contributed by atoms with van der Waals surface area (Å²) in [5.74, 6) is 0.643.